The van der Waals surface area contributed by atoms with Gasteiger partial charge in [-0.15, -0.1) is 0 Å². The molecule has 3 rings (SSSR count). The predicted molar refractivity (Wildman–Crippen MR) is 86.1 cm³/mol. The Morgan fingerprint density at radius 3 is 2.95 bits per heavy atom. The average Bonchev–Trinajstić information content (AvgIpc) is 3.19. The molecule has 1 unspecified atom stereocenters. The van der Waals surface area contributed by atoms with Gasteiger partial charge in [0.05, 0.1) is 13.2 Å². The van der Waals surface area contributed by atoms with Crippen molar-refractivity contribution in [1.82, 2.24) is 14.8 Å². The molecule has 2 heterocycles. The highest BCUT2D eigenvalue weighted by molar-refractivity contribution is 7.18. The fourth-order valence-corrected chi connectivity index (χ4v) is 3.53. The van der Waals surface area contributed by atoms with Crippen LogP contribution in [0, 0.1) is 12.8 Å². The molecule has 0 radical (unpaired) electrons. The van der Waals surface area contributed by atoms with E-state index in [2.05, 4.69) is 27.1 Å². The fourth-order valence-electron chi connectivity index (χ4n) is 2.42. The zero-order valence-electron chi connectivity index (χ0n) is 12.6. The molecule has 0 saturated heterocycles. The molecule has 0 bridgehead atoms. The minimum atomic E-state index is -0.486. The Hall–Kier alpha value is -1.60. The van der Waals surface area contributed by atoms with Gasteiger partial charge in [0.15, 0.2) is 21.0 Å². The van der Waals surface area contributed by atoms with E-state index in [4.69, 9.17) is 11.6 Å². The molecule has 8 heteroatoms. The van der Waals surface area contributed by atoms with Crippen LogP contribution in [0.1, 0.15) is 41.2 Å². The average molecular weight is 341 g/mol. The van der Waals surface area contributed by atoms with Gasteiger partial charge in [0.1, 0.15) is 0 Å². The monoisotopic (exact) mass is 340 g/mol. The summed E-state index contributed by atoms with van der Waals surface area (Å²) < 4.78 is 6.71. The maximum Gasteiger partial charge on any atom is 0.351 e. The van der Waals surface area contributed by atoms with Crippen molar-refractivity contribution in [3.8, 4) is 0 Å². The van der Waals surface area contributed by atoms with Gasteiger partial charge in [0.2, 0.25) is 0 Å². The lowest BCUT2D eigenvalue weighted by molar-refractivity contribution is 0.0606. The topological polar surface area (TPSA) is 69.0 Å². The first-order chi connectivity index (χ1) is 10.5. The minimum Gasteiger partial charge on any atom is -0.465 e. The van der Waals surface area contributed by atoms with Crippen LogP contribution >= 0.6 is 22.9 Å². The van der Waals surface area contributed by atoms with E-state index in [1.54, 1.807) is 0 Å². The zero-order chi connectivity index (χ0) is 15.9. The summed E-state index contributed by atoms with van der Waals surface area (Å²) in [6.07, 6.45) is 2.54. The molecule has 1 aliphatic rings. The summed E-state index contributed by atoms with van der Waals surface area (Å²) in [5, 5.41) is 8.35. The number of methoxy groups -OCH3 is 1. The van der Waals surface area contributed by atoms with E-state index in [1.165, 1.54) is 20.0 Å². The molecule has 0 spiro atoms. The van der Waals surface area contributed by atoms with E-state index in [0.717, 1.165) is 22.9 Å². The van der Waals surface area contributed by atoms with Gasteiger partial charge in [-0.2, -0.15) is 5.10 Å². The maximum absolute atomic E-state index is 11.5. The number of carbonyl (C=O) groups excluding carboxylic acids is 1. The molecule has 1 N–H and O–H groups in total. The lowest BCUT2D eigenvalue weighted by atomic mass is 10.2. The molecule has 1 fully saturated rings. The van der Waals surface area contributed by atoms with Crippen LogP contribution in [-0.2, 0) is 4.74 Å². The van der Waals surface area contributed by atoms with Crippen LogP contribution in [0.15, 0.2) is 6.07 Å². The van der Waals surface area contributed by atoms with Crippen molar-refractivity contribution in [3.63, 3.8) is 0 Å². The van der Waals surface area contributed by atoms with Gasteiger partial charge in [-0.1, -0.05) is 22.9 Å². The lowest BCUT2D eigenvalue weighted by Crippen LogP contribution is -2.10. The van der Waals surface area contributed by atoms with E-state index in [-0.39, 0.29) is 10.0 Å². The largest absolute Gasteiger partial charge is 0.465 e. The first-order valence-electron chi connectivity index (χ1n) is 7.07. The Morgan fingerprint density at radius 2 is 2.32 bits per heavy atom. The Kier molecular flexibility index (Phi) is 4.10. The van der Waals surface area contributed by atoms with Gasteiger partial charge in [-0.25, -0.2) is 9.78 Å². The molecule has 22 heavy (non-hydrogen) atoms. The van der Waals surface area contributed by atoms with Crippen LogP contribution in [-0.4, -0.2) is 27.8 Å². The number of halogens is 1. The zero-order valence-corrected chi connectivity index (χ0v) is 14.2. The van der Waals surface area contributed by atoms with Crippen molar-refractivity contribution in [2.75, 3.05) is 12.4 Å². The number of aryl methyl sites for hydroxylation is 1. The molecular formula is C14H17ClN4O2S. The molecule has 6 nitrogen and oxygen atoms in total. The van der Waals surface area contributed by atoms with Gasteiger partial charge in [-0.05, 0) is 32.6 Å². The van der Waals surface area contributed by atoms with E-state index in [0.29, 0.717) is 17.0 Å². The van der Waals surface area contributed by atoms with Gasteiger partial charge >= 0.3 is 5.97 Å². The Morgan fingerprint density at radius 1 is 1.59 bits per heavy atom. The third-order valence-corrected chi connectivity index (χ3v) is 5.14. The van der Waals surface area contributed by atoms with Crippen molar-refractivity contribution < 1.29 is 9.53 Å². The van der Waals surface area contributed by atoms with Gasteiger partial charge in [-0.3, -0.25) is 4.68 Å². The predicted octanol–water partition coefficient (Wildman–Crippen LogP) is 3.80. The highest BCUT2D eigenvalue weighted by Crippen LogP contribution is 2.40. The number of thiazole rings is 1. The summed E-state index contributed by atoms with van der Waals surface area (Å²) >= 11 is 7.11. The molecular weight excluding hydrogens is 324 g/mol. The summed E-state index contributed by atoms with van der Waals surface area (Å²) in [5.41, 5.74) is 1.10. The number of aromatic nitrogens is 3. The molecule has 0 amide bonds. The molecule has 0 aromatic carbocycles. The summed E-state index contributed by atoms with van der Waals surface area (Å²) in [6.45, 7) is 4.23. The molecule has 0 aliphatic heterocycles. The summed E-state index contributed by atoms with van der Waals surface area (Å²) in [4.78, 5) is 16.0. The van der Waals surface area contributed by atoms with Gasteiger partial charge < -0.3 is 10.1 Å². The number of nitrogens with zero attached hydrogens (tertiary/aromatic N) is 3. The number of hydrogen-bond donors (Lipinski definition) is 1. The molecule has 118 valence electrons. The molecule has 1 atom stereocenters. The molecule has 1 saturated carbocycles. The first kappa shape index (κ1) is 15.3. The SMILES string of the molecule is COC(=O)c1sc(Nc2cc(C)n(C(C)C3CC3)n2)nc1Cl. The number of carbonyl (C=O) groups is 1. The van der Waals surface area contributed by atoms with E-state index < -0.39 is 5.97 Å². The number of rotatable bonds is 5. The van der Waals surface area contributed by atoms with Gasteiger partial charge in [0, 0.05) is 11.8 Å². The lowest BCUT2D eigenvalue weighted by Gasteiger charge is -2.12. The second-order valence-electron chi connectivity index (χ2n) is 5.45. The summed E-state index contributed by atoms with van der Waals surface area (Å²) in [6, 6.07) is 2.37. The van der Waals surface area contributed by atoms with Crippen molar-refractivity contribution >= 4 is 39.9 Å². The maximum atomic E-state index is 11.5. The molecule has 2 aromatic rings. The molecule has 2 aromatic heterocycles. The third-order valence-electron chi connectivity index (χ3n) is 3.80. The molecule has 1 aliphatic carbocycles. The Labute approximate surface area is 137 Å². The third kappa shape index (κ3) is 2.96. The van der Waals surface area contributed by atoms with E-state index in [9.17, 15) is 4.79 Å². The van der Waals surface area contributed by atoms with Crippen LogP contribution in [0.5, 0.6) is 0 Å². The quantitative estimate of drug-likeness (QED) is 0.838. The van der Waals surface area contributed by atoms with Crippen LogP contribution in [0.25, 0.3) is 0 Å². The van der Waals surface area contributed by atoms with Crippen molar-refractivity contribution in [1.29, 1.82) is 0 Å². The number of anilines is 2. The van der Waals surface area contributed by atoms with Gasteiger partial charge in [0.25, 0.3) is 0 Å². The van der Waals surface area contributed by atoms with Crippen molar-refractivity contribution in [3.05, 3.63) is 21.8 Å². The van der Waals surface area contributed by atoms with Crippen LogP contribution in [0.3, 0.4) is 0 Å². The highest BCUT2D eigenvalue weighted by atomic mass is 35.5. The van der Waals surface area contributed by atoms with E-state index >= 15 is 0 Å². The number of hydrogen-bond acceptors (Lipinski definition) is 6. The van der Waals surface area contributed by atoms with E-state index in [1.807, 2.05) is 17.7 Å². The van der Waals surface area contributed by atoms with Crippen LogP contribution in [0.2, 0.25) is 5.15 Å². The minimum absolute atomic E-state index is 0.141. The second kappa shape index (κ2) is 5.89. The summed E-state index contributed by atoms with van der Waals surface area (Å²) in [5.74, 6) is 0.943. The smallest absolute Gasteiger partial charge is 0.351 e. The highest BCUT2D eigenvalue weighted by Gasteiger charge is 2.30. The van der Waals surface area contributed by atoms with Crippen molar-refractivity contribution in [2.24, 2.45) is 5.92 Å². The van der Waals surface area contributed by atoms with Crippen molar-refractivity contribution in [2.45, 2.75) is 32.7 Å². The van der Waals surface area contributed by atoms with Crippen LogP contribution < -0.4 is 5.32 Å². The Balaban J connectivity index is 1.78. The fraction of sp³-hybridized carbons (Fsp3) is 0.500. The summed E-state index contributed by atoms with van der Waals surface area (Å²) in [7, 11) is 1.32. The van der Waals surface area contributed by atoms with Crippen LogP contribution in [0.4, 0.5) is 10.9 Å². The number of nitrogens with one attached hydrogen (secondary N) is 1. The Bertz CT molecular complexity index is 708. The number of esters is 1. The second-order valence-corrected chi connectivity index (χ2v) is 6.81. The standard InChI is InChI=1S/C14H17ClN4O2S/c1-7-6-10(18-19(7)8(2)9-4-5-9)16-14-17-12(15)11(22-14)13(20)21-3/h6,8-9H,4-5H2,1-3H3,(H,16,17,18). The normalized spacial score (nSPS) is 15.6. The number of ether oxygens (including phenoxy) is 1. The first-order valence-corrected chi connectivity index (χ1v) is 8.27.